The van der Waals surface area contributed by atoms with Gasteiger partial charge in [0.25, 0.3) is 5.91 Å². The first kappa shape index (κ1) is 21.3. The standard InChI is InChI=1S/C25H21N5O4/c1-2-23-28-30(33)22-15-18(10-11-21(22)29(23)32)34-13-12-26-25(31)19-8-5-7-17-14-16-6-3-4-9-20(16)27-24(17)19/h3-11,14-15H,2,12-13H2,1H3,(H,26,31). The number of amides is 1. The van der Waals surface area contributed by atoms with Gasteiger partial charge in [-0.05, 0) is 30.3 Å². The van der Waals surface area contributed by atoms with Gasteiger partial charge in [-0.3, -0.25) is 4.79 Å². The summed E-state index contributed by atoms with van der Waals surface area (Å²) in [4.78, 5) is 17.9. The van der Waals surface area contributed by atoms with Crippen LogP contribution in [0.1, 0.15) is 23.1 Å². The van der Waals surface area contributed by atoms with Gasteiger partial charge >= 0.3 is 11.3 Å². The number of benzene rings is 3. The normalized spacial score (nSPS) is 11.2. The van der Waals surface area contributed by atoms with Gasteiger partial charge in [-0.25, -0.2) is 9.71 Å². The molecule has 5 rings (SSSR count). The van der Waals surface area contributed by atoms with Gasteiger partial charge < -0.3 is 20.5 Å². The van der Waals surface area contributed by atoms with Crippen LogP contribution in [0.25, 0.3) is 32.8 Å². The number of fused-ring (bicyclic) bond motifs is 3. The van der Waals surface area contributed by atoms with E-state index in [0.717, 1.165) is 16.3 Å². The molecule has 0 atom stereocenters. The number of aromatic nitrogens is 4. The molecule has 0 unspecified atom stereocenters. The van der Waals surface area contributed by atoms with Crippen molar-refractivity contribution in [2.24, 2.45) is 0 Å². The van der Waals surface area contributed by atoms with E-state index in [1.807, 2.05) is 42.5 Å². The Morgan fingerprint density at radius 3 is 2.68 bits per heavy atom. The molecule has 9 heteroatoms. The molecule has 0 saturated heterocycles. The smallest absolute Gasteiger partial charge is 0.376 e. The summed E-state index contributed by atoms with van der Waals surface area (Å²) in [5, 5.41) is 32.9. The predicted octanol–water partition coefficient (Wildman–Crippen LogP) is 2.57. The number of para-hydroxylation sites is 2. The van der Waals surface area contributed by atoms with Crippen LogP contribution >= 0.6 is 0 Å². The van der Waals surface area contributed by atoms with Crippen molar-refractivity contribution in [3.63, 3.8) is 0 Å². The van der Waals surface area contributed by atoms with E-state index in [1.54, 1.807) is 19.1 Å². The first-order chi connectivity index (χ1) is 16.5. The van der Waals surface area contributed by atoms with Crippen LogP contribution < -0.4 is 19.6 Å². The first-order valence-corrected chi connectivity index (χ1v) is 10.9. The molecule has 9 nitrogen and oxygen atoms in total. The van der Waals surface area contributed by atoms with E-state index in [2.05, 4.69) is 15.4 Å². The largest absolute Gasteiger partial charge is 0.710 e. The summed E-state index contributed by atoms with van der Waals surface area (Å²) >= 11 is 0. The molecule has 1 amide bonds. The van der Waals surface area contributed by atoms with Crippen LogP contribution in [-0.2, 0) is 6.42 Å². The minimum Gasteiger partial charge on any atom is -0.710 e. The van der Waals surface area contributed by atoms with Crippen LogP contribution in [0.2, 0.25) is 0 Å². The molecule has 0 bridgehead atoms. The zero-order chi connectivity index (χ0) is 23.7. The number of carbonyl (C=O) groups excluding carboxylic acids is 1. The summed E-state index contributed by atoms with van der Waals surface area (Å²) in [6.07, 6.45) is 0.349. The van der Waals surface area contributed by atoms with Crippen LogP contribution in [0.15, 0.2) is 66.7 Å². The second-order valence-electron chi connectivity index (χ2n) is 7.75. The maximum Gasteiger partial charge on any atom is 0.376 e. The Morgan fingerprint density at radius 1 is 1.00 bits per heavy atom. The van der Waals surface area contributed by atoms with E-state index in [4.69, 9.17) is 4.74 Å². The van der Waals surface area contributed by atoms with Gasteiger partial charge in [-0.15, -0.1) is 0 Å². The summed E-state index contributed by atoms with van der Waals surface area (Å²) in [5.74, 6) is 0.294. The maximum atomic E-state index is 12.8. The molecule has 5 aromatic rings. The number of pyridine rings is 1. The van der Waals surface area contributed by atoms with Crippen molar-refractivity contribution in [1.82, 2.24) is 15.4 Å². The van der Waals surface area contributed by atoms with Crippen molar-refractivity contribution >= 4 is 38.7 Å². The lowest BCUT2D eigenvalue weighted by Crippen LogP contribution is -2.45. The van der Waals surface area contributed by atoms with Crippen LogP contribution in [-0.4, -0.2) is 29.1 Å². The number of nitrogens with zero attached hydrogens (tertiary/aromatic N) is 4. The van der Waals surface area contributed by atoms with Gasteiger partial charge in [-0.2, -0.15) is 0 Å². The average molecular weight is 455 g/mol. The molecule has 0 aliphatic rings. The first-order valence-electron chi connectivity index (χ1n) is 10.9. The molecule has 0 fully saturated rings. The molecular weight excluding hydrogens is 434 g/mol. The fourth-order valence-corrected chi connectivity index (χ4v) is 3.88. The fourth-order valence-electron chi connectivity index (χ4n) is 3.88. The Bertz CT molecular complexity index is 1550. The van der Waals surface area contributed by atoms with Crippen molar-refractivity contribution < 1.29 is 19.1 Å². The third-order valence-electron chi connectivity index (χ3n) is 5.58. The van der Waals surface area contributed by atoms with Gasteiger partial charge in [-0.1, -0.05) is 37.3 Å². The van der Waals surface area contributed by atoms with Crippen molar-refractivity contribution in [3.8, 4) is 5.75 Å². The Kier molecular flexibility index (Phi) is 5.51. The summed E-state index contributed by atoms with van der Waals surface area (Å²) in [7, 11) is 0. The zero-order valence-electron chi connectivity index (χ0n) is 18.4. The van der Waals surface area contributed by atoms with Gasteiger partial charge in [0.2, 0.25) is 10.6 Å². The number of carbonyl (C=O) groups is 1. The molecule has 1 N–H and O–H groups in total. The van der Waals surface area contributed by atoms with Crippen LogP contribution in [0.4, 0.5) is 0 Å². The summed E-state index contributed by atoms with van der Waals surface area (Å²) < 4.78 is 6.32. The predicted molar refractivity (Wildman–Crippen MR) is 126 cm³/mol. The van der Waals surface area contributed by atoms with Crippen LogP contribution in [0, 0.1) is 10.4 Å². The molecule has 170 valence electrons. The van der Waals surface area contributed by atoms with Gasteiger partial charge in [0.15, 0.2) is 0 Å². The highest BCUT2D eigenvalue weighted by Crippen LogP contribution is 2.22. The number of aryl methyl sites for hydroxylation is 1. The number of ether oxygens (including phenoxy) is 1. The molecule has 0 spiro atoms. The Hall–Kier alpha value is -4.53. The number of rotatable bonds is 6. The molecule has 0 saturated carbocycles. The Balaban J connectivity index is 1.28. The zero-order valence-corrected chi connectivity index (χ0v) is 18.4. The molecule has 34 heavy (non-hydrogen) atoms. The topological polar surface area (TPSA) is 118 Å². The Morgan fingerprint density at radius 2 is 1.82 bits per heavy atom. The van der Waals surface area contributed by atoms with E-state index in [-0.39, 0.29) is 35.9 Å². The van der Waals surface area contributed by atoms with Crippen LogP contribution in [0.3, 0.4) is 0 Å². The van der Waals surface area contributed by atoms with E-state index >= 15 is 0 Å². The second-order valence-corrected chi connectivity index (χ2v) is 7.75. The third kappa shape index (κ3) is 3.88. The van der Waals surface area contributed by atoms with Gasteiger partial charge in [0.1, 0.15) is 12.4 Å². The van der Waals surface area contributed by atoms with Crippen molar-refractivity contribution in [2.45, 2.75) is 13.3 Å². The number of hydrogen-bond donors (Lipinski definition) is 1. The highest BCUT2D eigenvalue weighted by Gasteiger charge is 2.21. The minimum absolute atomic E-state index is 0.114. The second kappa shape index (κ2) is 8.78. The van der Waals surface area contributed by atoms with Crippen molar-refractivity contribution in [2.75, 3.05) is 13.2 Å². The molecule has 2 aromatic heterocycles. The Labute approximate surface area is 194 Å². The monoisotopic (exact) mass is 455 g/mol. The average Bonchev–Trinajstić information content (AvgIpc) is 2.86. The van der Waals surface area contributed by atoms with E-state index in [0.29, 0.717) is 32.8 Å². The quantitative estimate of drug-likeness (QED) is 0.182. The lowest BCUT2D eigenvalue weighted by Gasteiger charge is -2.10. The number of hydrogen-bond acceptors (Lipinski definition) is 6. The van der Waals surface area contributed by atoms with Crippen molar-refractivity contribution in [1.29, 1.82) is 0 Å². The minimum atomic E-state index is -0.253. The van der Waals surface area contributed by atoms with E-state index in [9.17, 15) is 15.2 Å². The summed E-state index contributed by atoms with van der Waals surface area (Å²) in [5.41, 5.74) is 2.28. The lowest BCUT2D eigenvalue weighted by atomic mass is 10.1. The summed E-state index contributed by atoms with van der Waals surface area (Å²) in [6, 6.07) is 19.9. The molecule has 3 aromatic carbocycles. The molecule has 0 aliphatic heterocycles. The molecule has 0 radical (unpaired) electrons. The molecular formula is C25H21N5O4. The van der Waals surface area contributed by atoms with Crippen molar-refractivity contribution in [3.05, 3.63) is 88.5 Å². The van der Waals surface area contributed by atoms with E-state index < -0.39 is 0 Å². The van der Waals surface area contributed by atoms with Gasteiger partial charge in [0, 0.05) is 10.8 Å². The molecule has 2 heterocycles. The van der Waals surface area contributed by atoms with Crippen LogP contribution in [0.5, 0.6) is 5.75 Å². The highest BCUT2D eigenvalue weighted by molar-refractivity contribution is 6.07. The molecule has 0 aliphatic carbocycles. The number of nitrogens with one attached hydrogen (secondary N) is 1. The van der Waals surface area contributed by atoms with Gasteiger partial charge in [0.05, 0.1) is 40.5 Å². The van der Waals surface area contributed by atoms with E-state index in [1.165, 1.54) is 12.1 Å². The SMILES string of the molecule is CCc1n[n+]([O-])c2cc(OCCNC(=O)c3cccc4cc5ccccc5nc34)ccc2[n+]1[O-]. The highest BCUT2D eigenvalue weighted by atomic mass is 16.5. The lowest BCUT2D eigenvalue weighted by molar-refractivity contribution is -0.685. The maximum absolute atomic E-state index is 12.8. The summed E-state index contributed by atoms with van der Waals surface area (Å²) in [6.45, 7) is 2.17. The fraction of sp³-hybridized carbons (Fsp3) is 0.160. The third-order valence-corrected chi connectivity index (χ3v) is 5.58.